The lowest BCUT2D eigenvalue weighted by atomic mass is 9.87. The first-order valence-corrected chi connectivity index (χ1v) is 24.6. The van der Waals surface area contributed by atoms with E-state index in [4.69, 9.17) is 20.9 Å². The summed E-state index contributed by atoms with van der Waals surface area (Å²) in [4.78, 5) is 127. The lowest BCUT2D eigenvalue weighted by molar-refractivity contribution is -0.141. The van der Waals surface area contributed by atoms with E-state index in [9.17, 15) is 43.2 Å². The molecule has 2 heterocycles. The number of nitrogens with two attached hydrogens (primary N) is 2. The van der Waals surface area contributed by atoms with Gasteiger partial charge in [-0.25, -0.2) is 4.79 Å². The number of fused-ring (bicyclic) bond motifs is 4. The fraction of sp³-hybridized carbons (Fsp3) is 0.345. The number of likely N-dealkylation sites (N-methyl/N-ethyl adjacent to an activating group) is 1. The van der Waals surface area contributed by atoms with Gasteiger partial charge in [-0.1, -0.05) is 97.1 Å². The van der Waals surface area contributed by atoms with E-state index in [1.165, 1.54) is 26.4 Å². The van der Waals surface area contributed by atoms with Crippen molar-refractivity contribution in [1.82, 2.24) is 36.5 Å². The van der Waals surface area contributed by atoms with Crippen LogP contribution in [0.15, 0.2) is 116 Å². The van der Waals surface area contributed by atoms with Crippen LogP contribution < -0.4 is 38.1 Å². The van der Waals surface area contributed by atoms with Crippen LogP contribution in [0.3, 0.4) is 0 Å². The third-order valence-corrected chi connectivity index (χ3v) is 13.3. The molecule has 1 aromatic heterocycles. The molecule has 1 aliphatic carbocycles. The molecule has 2 aliphatic rings. The maximum absolute atomic E-state index is 14.8. The Hall–Kier alpha value is -8.52. The molecule has 1 fully saturated rings. The molecule has 1 saturated heterocycles. The molecule has 0 unspecified atom stereocenters. The predicted octanol–water partition coefficient (Wildman–Crippen LogP) is 2.24. The zero-order valence-electron chi connectivity index (χ0n) is 41.7. The minimum atomic E-state index is -1.73. The maximum Gasteiger partial charge on any atom is 0.407 e. The first-order chi connectivity index (χ1) is 36.0. The molecule has 8 amide bonds. The largest absolute Gasteiger partial charge is 0.449 e. The quantitative estimate of drug-likeness (QED) is 0.0496. The van der Waals surface area contributed by atoms with Crippen molar-refractivity contribution < 1.29 is 52.6 Å². The SMILES string of the molecule is CC(=O)CC[C@H](NC(=O)C1(NC(=O)[C@H](Cc2ccc3ccccc3c2)NC(=O)OCC2c3ccccc3-c3ccccc32)CCOCC1)C(=O)N[C@@H](CC(N)=O)C(=O)N[C@@H](Cc1cccnc1)C(=O)N(C)CC(N)=O. The third-order valence-electron chi connectivity index (χ3n) is 13.3. The van der Waals surface area contributed by atoms with Crippen LogP contribution >= 0.6 is 0 Å². The number of nitrogens with zero attached hydrogens (tertiary/aromatic N) is 2. The summed E-state index contributed by atoms with van der Waals surface area (Å²) in [6, 6.07) is 26.4. The summed E-state index contributed by atoms with van der Waals surface area (Å²) in [6.07, 6.45) is 0.608. The summed E-state index contributed by atoms with van der Waals surface area (Å²) < 4.78 is 11.5. The fourth-order valence-electron chi connectivity index (χ4n) is 9.44. The first kappa shape index (κ1) is 54.3. The van der Waals surface area contributed by atoms with E-state index in [2.05, 4.69) is 31.6 Å². The monoisotopic (exact) mass is 1020 g/mol. The predicted molar refractivity (Wildman–Crippen MR) is 275 cm³/mol. The number of pyridine rings is 1. The third kappa shape index (κ3) is 14.2. The Morgan fingerprint density at radius 3 is 1.96 bits per heavy atom. The number of ether oxygens (including phenoxy) is 2. The second kappa shape index (κ2) is 24.9. The highest BCUT2D eigenvalue weighted by Crippen LogP contribution is 2.44. The molecule has 75 heavy (non-hydrogen) atoms. The van der Waals surface area contributed by atoms with Crippen LogP contribution in [0.25, 0.3) is 21.9 Å². The number of rotatable bonds is 23. The molecular formula is C55H61N9O11. The summed E-state index contributed by atoms with van der Waals surface area (Å²) >= 11 is 0. The van der Waals surface area contributed by atoms with Crippen LogP contribution in [0.1, 0.15) is 67.2 Å². The van der Waals surface area contributed by atoms with Crippen molar-refractivity contribution in [2.45, 2.75) is 87.5 Å². The molecule has 20 heteroatoms. The van der Waals surface area contributed by atoms with Gasteiger partial charge in [-0.2, -0.15) is 0 Å². The van der Waals surface area contributed by atoms with E-state index in [0.29, 0.717) is 11.1 Å². The van der Waals surface area contributed by atoms with Crippen molar-refractivity contribution in [3.05, 3.63) is 138 Å². The van der Waals surface area contributed by atoms with Crippen LogP contribution in [0.2, 0.25) is 0 Å². The second-order valence-electron chi connectivity index (χ2n) is 18.9. The molecule has 0 radical (unpaired) electrons. The summed E-state index contributed by atoms with van der Waals surface area (Å²) in [5, 5.41) is 15.2. The Kier molecular flexibility index (Phi) is 18.0. The molecule has 0 spiro atoms. The van der Waals surface area contributed by atoms with E-state index in [1.807, 2.05) is 91.0 Å². The Labute approximate surface area is 433 Å². The molecule has 1 aliphatic heterocycles. The van der Waals surface area contributed by atoms with Gasteiger partial charge in [0.25, 0.3) is 0 Å². The van der Waals surface area contributed by atoms with Gasteiger partial charge >= 0.3 is 6.09 Å². The molecule has 20 nitrogen and oxygen atoms in total. The number of aromatic nitrogens is 1. The van der Waals surface area contributed by atoms with E-state index in [-0.39, 0.29) is 70.0 Å². The van der Waals surface area contributed by atoms with Crippen molar-refractivity contribution in [1.29, 1.82) is 0 Å². The van der Waals surface area contributed by atoms with Gasteiger partial charge in [0.1, 0.15) is 42.1 Å². The zero-order valence-corrected chi connectivity index (χ0v) is 41.7. The molecule has 4 aromatic carbocycles. The molecule has 0 saturated carbocycles. The van der Waals surface area contributed by atoms with Crippen molar-refractivity contribution in [2.24, 2.45) is 11.5 Å². The topological polar surface area (TPSA) is 300 Å². The number of hydrogen-bond donors (Lipinski definition) is 7. The minimum absolute atomic E-state index is 0.0155. The number of nitrogens with one attached hydrogen (secondary N) is 5. The number of amides is 8. The molecule has 5 aromatic rings. The number of Topliss-reactive ketones (excluding diaryl/α,β-unsaturated/α-hetero) is 1. The fourth-order valence-corrected chi connectivity index (χ4v) is 9.44. The number of carbonyl (C=O) groups excluding carboxylic acids is 9. The number of hydrogen-bond acceptors (Lipinski definition) is 12. The lowest BCUT2D eigenvalue weighted by Crippen LogP contribution is -2.66. The second-order valence-corrected chi connectivity index (χ2v) is 18.9. The summed E-state index contributed by atoms with van der Waals surface area (Å²) in [5.74, 6) is -6.72. The van der Waals surface area contributed by atoms with E-state index < -0.39 is 90.1 Å². The number of ketones is 1. The van der Waals surface area contributed by atoms with Crippen LogP contribution in [0.5, 0.6) is 0 Å². The van der Waals surface area contributed by atoms with Gasteiger partial charge < -0.3 is 57.2 Å². The van der Waals surface area contributed by atoms with Gasteiger partial charge in [-0.05, 0) is 63.6 Å². The first-order valence-electron chi connectivity index (χ1n) is 24.6. The minimum Gasteiger partial charge on any atom is -0.449 e. The van der Waals surface area contributed by atoms with Crippen molar-refractivity contribution in [3.63, 3.8) is 0 Å². The highest BCUT2D eigenvalue weighted by atomic mass is 16.5. The Morgan fingerprint density at radius 1 is 0.693 bits per heavy atom. The van der Waals surface area contributed by atoms with Gasteiger partial charge in [0.15, 0.2) is 0 Å². The Morgan fingerprint density at radius 2 is 1.32 bits per heavy atom. The standard InChI is InChI=1S/C55H61N9O11/c1-33(65)17-20-43(49(68)59-45(29-47(56)66)50(69)60-46(28-35-10-9-23-58-30-35)52(71)64(2)31-48(57)67)61-53(72)55(21-24-74-25-22-55)63-51(70)44(27-34-18-19-36-11-3-4-12-37(36)26-34)62-54(73)75-32-42-40-15-7-5-13-38(40)39-14-6-8-16-41(39)42/h3-16,18-19,23,26,30,42-46H,17,20-22,24-25,27-29,31-32H2,1-2H3,(H2,56,66)(H2,57,67)(H,59,68)(H,60,69)(H,61,72)(H,62,73)(H,63,70)/t43-,44-,45-,46-/m0/s1. The normalized spacial score (nSPS) is 15.1. The average molecular weight is 1020 g/mol. The van der Waals surface area contributed by atoms with E-state index in [1.54, 1.807) is 12.1 Å². The van der Waals surface area contributed by atoms with Crippen molar-refractivity contribution in [2.75, 3.05) is 33.4 Å². The lowest BCUT2D eigenvalue weighted by Gasteiger charge is -2.38. The van der Waals surface area contributed by atoms with Gasteiger partial charge in [-0.3, -0.25) is 38.5 Å². The summed E-state index contributed by atoms with van der Waals surface area (Å²) in [7, 11) is 1.31. The van der Waals surface area contributed by atoms with E-state index >= 15 is 0 Å². The number of alkyl carbamates (subject to hydrolysis) is 1. The van der Waals surface area contributed by atoms with Crippen molar-refractivity contribution in [3.8, 4) is 11.1 Å². The van der Waals surface area contributed by atoms with Crippen LogP contribution in [0.4, 0.5) is 4.79 Å². The van der Waals surface area contributed by atoms with Gasteiger partial charge in [0.05, 0.1) is 13.0 Å². The summed E-state index contributed by atoms with van der Waals surface area (Å²) in [6.45, 7) is 0.806. The van der Waals surface area contributed by atoms with Gasteiger partial charge in [0, 0.05) is 70.7 Å². The van der Waals surface area contributed by atoms with Crippen LogP contribution in [0, 0.1) is 0 Å². The van der Waals surface area contributed by atoms with Crippen molar-refractivity contribution >= 4 is 64.0 Å². The molecule has 4 atom stereocenters. The van der Waals surface area contributed by atoms with E-state index in [0.717, 1.165) is 37.9 Å². The number of benzene rings is 4. The number of primary amides is 2. The molecule has 0 bridgehead atoms. The van der Waals surface area contributed by atoms with Gasteiger partial charge in [0.2, 0.25) is 41.4 Å². The summed E-state index contributed by atoms with van der Waals surface area (Å²) in [5.41, 5.74) is 14.4. The highest BCUT2D eigenvalue weighted by molar-refractivity contribution is 5.99. The molecule has 7 rings (SSSR count). The highest BCUT2D eigenvalue weighted by Gasteiger charge is 2.45. The molecule has 392 valence electrons. The molecule has 9 N–H and O–H groups in total. The Bertz CT molecular complexity index is 2900. The van der Waals surface area contributed by atoms with Crippen LogP contribution in [-0.2, 0) is 60.7 Å². The van der Waals surface area contributed by atoms with Crippen LogP contribution in [-0.4, -0.2) is 126 Å². The maximum atomic E-state index is 14.8. The number of carbonyl (C=O) groups is 9. The van der Waals surface area contributed by atoms with Gasteiger partial charge in [-0.15, -0.1) is 0 Å². The Balaban J connectivity index is 1.10. The zero-order chi connectivity index (χ0) is 53.6. The molecular weight excluding hydrogens is 963 g/mol. The smallest absolute Gasteiger partial charge is 0.407 e. The average Bonchev–Trinajstić information content (AvgIpc) is 3.71.